The summed E-state index contributed by atoms with van der Waals surface area (Å²) in [5.74, 6) is -1.34. The van der Waals surface area contributed by atoms with Crippen molar-refractivity contribution in [2.75, 3.05) is 0 Å². The maximum atomic E-state index is 14.7. The lowest BCUT2D eigenvalue weighted by Crippen LogP contribution is -2.10. The quantitative estimate of drug-likeness (QED) is 0.588. The molecule has 0 spiro atoms. The molecule has 3 aromatic carbocycles. The number of hydrogen-bond donors (Lipinski definition) is 1. The molecule has 0 radical (unpaired) electrons. The van der Waals surface area contributed by atoms with E-state index >= 15 is 0 Å². The molecule has 1 aliphatic carbocycles. The first-order valence-electron chi connectivity index (χ1n) is 8.72. The number of rotatable bonds is 2. The van der Waals surface area contributed by atoms with Crippen molar-refractivity contribution < 1.29 is 18.3 Å². The number of hydrogen-bond acceptors (Lipinski definition) is 1. The maximum Gasteiger partial charge on any atom is 0.132 e. The predicted molar refractivity (Wildman–Crippen MR) is 99.8 cm³/mol. The van der Waals surface area contributed by atoms with Gasteiger partial charge in [0.15, 0.2) is 0 Å². The number of phenolic OH excluding ortho intramolecular Hbond substituents is 1. The largest absolute Gasteiger partial charge is 0.508 e. The fraction of sp³-hybridized carbons (Fsp3) is 0.130. The van der Waals surface area contributed by atoms with Gasteiger partial charge < -0.3 is 5.11 Å². The minimum absolute atomic E-state index is 0.0176. The zero-order valence-corrected chi connectivity index (χ0v) is 14.7. The van der Waals surface area contributed by atoms with E-state index in [-0.39, 0.29) is 17.1 Å². The van der Waals surface area contributed by atoms with Gasteiger partial charge >= 0.3 is 0 Å². The number of phenols is 1. The van der Waals surface area contributed by atoms with Crippen LogP contribution in [-0.4, -0.2) is 5.11 Å². The SMILES string of the molecule is Cc1c(F)cc2c(c1F)CCC(c1ccc(F)cc1)=C2c1ccc(O)cc1. The monoisotopic (exact) mass is 366 g/mol. The third-order valence-corrected chi connectivity index (χ3v) is 5.09. The Labute approximate surface area is 155 Å². The summed E-state index contributed by atoms with van der Waals surface area (Å²) in [6.45, 7) is 1.43. The van der Waals surface area contributed by atoms with Gasteiger partial charge in [0.25, 0.3) is 0 Å². The molecule has 1 N–H and O–H groups in total. The van der Waals surface area contributed by atoms with Crippen LogP contribution in [0.25, 0.3) is 11.1 Å². The number of fused-ring (bicyclic) bond motifs is 1. The summed E-state index contributed by atoms with van der Waals surface area (Å²) >= 11 is 0. The maximum absolute atomic E-state index is 14.7. The molecule has 0 atom stereocenters. The summed E-state index contributed by atoms with van der Waals surface area (Å²) in [5.41, 5.74) is 4.18. The smallest absolute Gasteiger partial charge is 0.132 e. The highest BCUT2D eigenvalue weighted by atomic mass is 19.1. The van der Waals surface area contributed by atoms with Crippen LogP contribution in [0.3, 0.4) is 0 Å². The molecule has 0 saturated carbocycles. The average Bonchev–Trinajstić information content (AvgIpc) is 2.67. The number of aromatic hydroxyl groups is 1. The van der Waals surface area contributed by atoms with E-state index in [4.69, 9.17) is 0 Å². The van der Waals surface area contributed by atoms with Crippen molar-refractivity contribution in [2.45, 2.75) is 19.8 Å². The Morgan fingerprint density at radius 1 is 0.815 bits per heavy atom. The Balaban J connectivity index is 2.03. The Kier molecular flexibility index (Phi) is 4.27. The van der Waals surface area contributed by atoms with Gasteiger partial charge in [-0.25, -0.2) is 13.2 Å². The zero-order valence-electron chi connectivity index (χ0n) is 14.7. The number of allylic oxidation sites excluding steroid dienone is 1. The van der Waals surface area contributed by atoms with E-state index in [2.05, 4.69) is 0 Å². The molecule has 0 aromatic heterocycles. The first kappa shape index (κ1) is 17.4. The molecule has 0 bridgehead atoms. The average molecular weight is 366 g/mol. The molecule has 0 unspecified atom stereocenters. The van der Waals surface area contributed by atoms with Crippen LogP contribution in [0.1, 0.15) is 34.2 Å². The molecule has 0 saturated heterocycles. The Hall–Kier alpha value is -3.01. The highest BCUT2D eigenvalue weighted by Gasteiger charge is 2.26. The van der Waals surface area contributed by atoms with Gasteiger partial charge in [0, 0.05) is 5.56 Å². The van der Waals surface area contributed by atoms with E-state index in [1.54, 1.807) is 36.4 Å². The predicted octanol–water partition coefficient (Wildman–Crippen LogP) is 6.02. The summed E-state index contributed by atoms with van der Waals surface area (Å²) in [5, 5.41) is 9.61. The van der Waals surface area contributed by atoms with Crippen molar-refractivity contribution in [3.8, 4) is 5.75 Å². The first-order chi connectivity index (χ1) is 13.0. The second-order valence-corrected chi connectivity index (χ2v) is 6.73. The van der Waals surface area contributed by atoms with Gasteiger partial charge in [-0.3, -0.25) is 0 Å². The molecule has 136 valence electrons. The van der Waals surface area contributed by atoms with Gasteiger partial charge in [-0.05, 0) is 83.5 Å². The second kappa shape index (κ2) is 6.62. The lowest BCUT2D eigenvalue weighted by Gasteiger charge is -2.26. The van der Waals surface area contributed by atoms with Crippen molar-refractivity contribution >= 4 is 11.1 Å². The van der Waals surface area contributed by atoms with Crippen molar-refractivity contribution in [2.24, 2.45) is 0 Å². The summed E-state index contributed by atoms with van der Waals surface area (Å²) in [4.78, 5) is 0. The molecule has 27 heavy (non-hydrogen) atoms. The van der Waals surface area contributed by atoms with Crippen LogP contribution in [0.5, 0.6) is 5.75 Å². The van der Waals surface area contributed by atoms with Crippen molar-refractivity contribution in [3.05, 3.63) is 99.9 Å². The minimum atomic E-state index is -0.595. The summed E-state index contributed by atoms with van der Waals surface area (Å²) in [6, 6.07) is 14.0. The summed E-state index contributed by atoms with van der Waals surface area (Å²) in [6.07, 6.45) is 0.993. The van der Waals surface area contributed by atoms with Crippen LogP contribution < -0.4 is 0 Å². The topological polar surface area (TPSA) is 20.2 Å². The summed E-state index contributed by atoms with van der Waals surface area (Å²) in [7, 11) is 0. The van der Waals surface area contributed by atoms with Crippen LogP contribution in [0.15, 0.2) is 54.6 Å². The van der Waals surface area contributed by atoms with E-state index in [1.807, 2.05) is 0 Å². The normalized spacial score (nSPS) is 13.6. The molecule has 0 aliphatic heterocycles. The molecule has 3 aromatic rings. The van der Waals surface area contributed by atoms with Crippen molar-refractivity contribution in [1.29, 1.82) is 0 Å². The number of halogens is 3. The van der Waals surface area contributed by atoms with Crippen LogP contribution in [0.2, 0.25) is 0 Å². The van der Waals surface area contributed by atoms with E-state index in [0.717, 1.165) is 16.7 Å². The van der Waals surface area contributed by atoms with Crippen LogP contribution >= 0.6 is 0 Å². The molecular formula is C23H17F3O. The van der Waals surface area contributed by atoms with Crippen LogP contribution in [0, 0.1) is 24.4 Å². The molecule has 0 amide bonds. The van der Waals surface area contributed by atoms with Gasteiger partial charge in [-0.1, -0.05) is 24.3 Å². The first-order valence-corrected chi connectivity index (χ1v) is 8.72. The van der Waals surface area contributed by atoms with Gasteiger partial charge in [-0.15, -0.1) is 0 Å². The lowest BCUT2D eigenvalue weighted by molar-refractivity contribution is 0.475. The molecule has 1 nitrogen and oxygen atoms in total. The molecule has 1 aliphatic rings. The van der Waals surface area contributed by atoms with Crippen molar-refractivity contribution in [1.82, 2.24) is 0 Å². The van der Waals surface area contributed by atoms with E-state index < -0.39 is 11.6 Å². The van der Waals surface area contributed by atoms with Gasteiger partial charge in [-0.2, -0.15) is 0 Å². The van der Waals surface area contributed by atoms with E-state index in [9.17, 15) is 18.3 Å². The third-order valence-electron chi connectivity index (χ3n) is 5.09. The molecule has 0 heterocycles. The third kappa shape index (κ3) is 3.01. The Morgan fingerprint density at radius 3 is 2.11 bits per heavy atom. The minimum Gasteiger partial charge on any atom is -0.508 e. The van der Waals surface area contributed by atoms with E-state index in [0.29, 0.717) is 29.5 Å². The highest BCUT2D eigenvalue weighted by Crippen LogP contribution is 2.42. The highest BCUT2D eigenvalue weighted by molar-refractivity contribution is 6.00. The van der Waals surface area contributed by atoms with Crippen LogP contribution in [-0.2, 0) is 6.42 Å². The fourth-order valence-corrected chi connectivity index (χ4v) is 3.67. The lowest BCUT2D eigenvalue weighted by atomic mass is 9.79. The second-order valence-electron chi connectivity index (χ2n) is 6.73. The van der Waals surface area contributed by atoms with Crippen LogP contribution in [0.4, 0.5) is 13.2 Å². The fourth-order valence-electron chi connectivity index (χ4n) is 3.67. The van der Waals surface area contributed by atoms with Gasteiger partial charge in [0.1, 0.15) is 23.2 Å². The van der Waals surface area contributed by atoms with Gasteiger partial charge in [0.2, 0.25) is 0 Å². The van der Waals surface area contributed by atoms with Crippen molar-refractivity contribution in [3.63, 3.8) is 0 Å². The standard InChI is InChI=1S/C23H17F3O/c1-13-21(25)12-20-19(23(13)26)11-10-18(14-2-6-16(24)7-3-14)22(20)15-4-8-17(27)9-5-15/h2-9,12,27H,10-11H2,1H3. The summed E-state index contributed by atoms with van der Waals surface area (Å²) < 4.78 is 42.4. The molecule has 0 fully saturated rings. The van der Waals surface area contributed by atoms with Gasteiger partial charge in [0.05, 0.1) is 0 Å². The number of benzene rings is 3. The zero-order chi connectivity index (χ0) is 19.1. The van der Waals surface area contributed by atoms with E-state index in [1.165, 1.54) is 25.1 Å². The Bertz CT molecular complexity index is 1050. The molecular weight excluding hydrogens is 349 g/mol. The molecule has 4 heteroatoms. The molecule has 4 rings (SSSR count). The Morgan fingerprint density at radius 2 is 1.44 bits per heavy atom.